The first-order chi connectivity index (χ1) is 9.29. The molecule has 2 rings (SSSR count). The predicted octanol–water partition coefficient (Wildman–Crippen LogP) is 3.44. The largest absolute Gasteiger partial charge is 0.490 e. The quantitative estimate of drug-likeness (QED) is 0.842. The Labute approximate surface area is 115 Å². The van der Waals surface area contributed by atoms with E-state index < -0.39 is 0 Å². The first-order valence-electron chi connectivity index (χ1n) is 7.16. The van der Waals surface area contributed by atoms with Crippen molar-refractivity contribution in [2.75, 3.05) is 6.61 Å². The van der Waals surface area contributed by atoms with Crippen LogP contribution in [0.25, 0.3) is 0 Å². The number of ether oxygens (including phenoxy) is 1. The van der Waals surface area contributed by atoms with Crippen LogP contribution in [0, 0.1) is 18.8 Å². The van der Waals surface area contributed by atoms with Crippen LogP contribution in [0.2, 0.25) is 0 Å². The molecule has 1 aromatic rings. The van der Waals surface area contributed by atoms with Gasteiger partial charge in [0.1, 0.15) is 5.75 Å². The van der Waals surface area contributed by atoms with Crippen molar-refractivity contribution in [2.45, 2.75) is 51.6 Å². The van der Waals surface area contributed by atoms with E-state index in [1.165, 1.54) is 32.1 Å². The molecule has 1 fully saturated rings. The van der Waals surface area contributed by atoms with Crippen molar-refractivity contribution < 1.29 is 9.84 Å². The first-order valence-corrected chi connectivity index (χ1v) is 7.16. The summed E-state index contributed by atoms with van der Waals surface area (Å²) in [6.07, 6.45) is 7.19. The highest BCUT2D eigenvalue weighted by Crippen LogP contribution is 2.24. The minimum atomic E-state index is 0.120. The fraction of sp³-hybridized carbons (Fsp3) is 0.529. The van der Waals surface area contributed by atoms with E-state index in [1.54, 1.807) is 0 Å². The molecule has 0 spiro atoms. The molecular weight excluding hydrogens is 236 g/mol. The van der Waals surface area contributed by atoms with Crippen molar-refractivity contribution in [3.8, 4) is 17.6 Å². The van der Waals surface area contributed by atoms with Gasteiger partial charge >= 0.3 is 0 Å². The Morgan fingerprint density at radius 1 is 1.26 bits per heavy atom. The monoisotopic (exact) mass is 258 g/mol. The Morgan fingerprint density at radius 3 is 2.74 bits per heavy atom. The molecule has 1 aliphatic carbocycles. The third-order valence-corrected chi connectivity index (χ3v) is 3.51. The second-order valence-corrected chi connectivity index (χ2v) is 5.13. The molecule has 0 heterocycles. The minimum absolute atomic E-state index is 0.120. The van der Waals surface area contributed by atoms with E-state index in [4.69, 9.17) is 9.84 Å². The van der Waals surface area contributed by atoms with E-state index in [1.807, 2.05) is 12.1 Å². The van der Waals surface area contributed by atoms with Crippen LogP contribution >= 0.6 is 0 Å². The van der Waals surface area contributed by atoms with Crippen molar-refractivity contribution in [3.63, 3.8) is 0 Å². The number of hydrogen-bond donors (Lipinski definition) is 1. The Morgan fingerprint density at radius 2 is 2.05 bits per heavy atom. The standard InChI is InChI=1S/C17H22O2/c1-14-13-17(19-16-8-3-2-4-9-16)11-10-15(14)7-5-6-12-18/h10-11,13,16,18H,2-4,6,8-9,12H2,1H3. The third kappa shape index (κ3) is 4.29. The zero-order chi connectivity index (χ0) is 13.5. The summed E-state index contributed by atoms with van der Waals surface area (Å²) < 4.78 is 6.03. The van der Waals surface area contributed by atoms with Gasteiger partial charge in [-0.25, -0.2) is 0 Å². The highest BCUT2D eigenvalue weighted by atomic mass is 16.5. The molecule has 1 aromatic carbocycles. The maximum Gasteiger partial charge on any atom is 0.120 e. The number of aliphatic hydroxyl groups is 1. The van der Waals surface area contributed by atoms with Gasteiger partial charge in [0.05, 0.1) is 12.7 Å². The maximum atomic E-state index is 8.72. The summed E-state index contributed by atoms with van der Waals surface area (Å²) in [5.74, 6) is 6.99. The number of benzene rings is 1. The van der Waals surface area contributed by atoms with Crippen molar-refractivity contribution in [1.29, 1.82) is 0 Å². The van der Waals surface area contributed by atoms with Crippen LogP contribution < -0.4 is 4.74 Å². The predicted molar refractivity (Wildman–Crippen MR) is 77.3 cm³/mol. The molecular formula is C17H22O2. The van der Waals surface area contributed by atoms with Crippen LogP contribution in [-0.2, 0) is 0 Å². The normalized spacial score (nSPS) is 15.7. The van der Waals surface area contributed by atoms with Gasteiger partial charge in [-0.1, -0.05) is 18.3 Å². The summed E-state index contributed by atoms with van der Waals surface area (Å²) in [6, 6.07) is 6.08. The third-order valence-electron chi connectivity index (χ3n) is 3.51. The average molecular weight is 258 g/mol. The number of hydrogen-bond acceptors (Lipinski definition) is 2. The topological polar surface area (TPSA) is 29.5 Å². The lowest BCUT2D eigenvalue weighted by molar-refractivity contribution is 0.155. The Hall–Kier alpha value is -1.46. The molecule has 0 unspecified atom stereocenters. The summed E-state index contributed by atoms with van der Waals surface area (Å²) in [5.41, 5.74) is 2.16. The fourth-order valence-corrected chi connectivity index (χ4v) is 2.44. The van der Waals surface area contributed by atoms with Crippen LogP contribution in [0.15, 0.2) is 18.2 Å². The van der Waals surface area contributed by atoms with E-state index in [0.29, 0.717) is 12.5 Å². The van der Waals surface area contributed by atoms with Gasteiger partial charge in [0.2, 0.25) is 0 Å². The summed E-state index contributed by atoms with van der Waals surface area (Å²) in [5, 5.41) is 8.72. The van der Waals surface area contributed by atoms with Gasteiger partial charge in [-0.15, -0.1) is 0 Å². The van der Waals surface area contributed by atoms with E-state index in [0.717, 1.165) is 16.9 Å². The van der Waals surface area contributed by atoms with Crippen LogP contribution in [-0.4, -0.2) is 17.8 Å². The molecule has 0 saturated heterocycles. The summed E-state index contributed by atoms with van der Waals surface area (Å²) in [4.78, 5) is 0. The fourth-order valence-electron chi connectivity index (χ4n) is 2.44. The minimum Gasteiger partial charge on any atom is -0.490 e. The number of rotatable bonds is 3. The van der Waals surface area contributed by atoms with Crippen LogP contribution in [0.5, 0.6) is 5.75 Å². The van der Waals surface area contributed by atoms with E-state index in [2.05, 4.69) is 24.8 Å². The molecule has 0 bridgehead atoms. The molecule has 1 N–H and O–H groups in total. The molecule has 2 nitrogen and oxygen atoms in total. The van der Waals surface area contributed by atoms with Gasteiger partial charge in [0, 0.05) is 12.0 Å². The Bertz CT molecular complexity index is 462. The molecule has 102 valence electrons. The van der Waals surface area contributed by atoms with Crippen molar-refractivity contribution >= 4 is 0 Å². The van der Waals surface area contributed by atoms with Crippen LogP contribution in [0.3, 0.4) is 0 Å². The summed E-state index contributed by atoms with van der Waals surface area (Å²) in [7, 11) is 0. The highest BCUT2D eigenvalue weighted by Gasteiger charge is 2.14. The molecule has 1 saturated carbocycles. The van der Waals surface area contributed by atoms with Gasteiger partial charge in [0.25, 0.3) is 0 Å². The van der Waals surface area contributed by atoms with E-state index >= 15 is 0 Å². The Kier molecular flexibility index (Phi) is 5.30. The van der Waals surface area contributed by atoms with Crippen molar-refractivity contribution in [3.05, 3.63) is 29.3 Å². The highest BCUT2D eigenvalue weighted by molar-refractivity contribution is 5.44. The summed E-state index contributed by atoms with van der Waals surface area (Å²) >= 11 is 0. The second-order valence-electron chi connectivity index (χ2n) is 5.13. The molecule has 0 amide bonds. The summed E-state index contributed by atoms with van der Waals surface area (Å²) in [6.45, 7) is 2.17. The van der Waals surface area contributed by atoms with Crippen LogP contribution in [0.1, 0.15) is 49.7 Å². The van der Waals surface area contributed by atoms with Gasteiger partial charge in [-0.05, 0) is 56.4 Å². The van der Waals surface area contributed by atoms with Crippen LogP contribution in [0.4, 0.5) is 0 Å². The van der Waals surface area contributed by atoms with Gasteiger partial charge in [-0.2, -0.15) is 0 Å². The lowest BCUT2D eigenvalue weighted by atomic mass is 9.98. The zero-order valence-electron chi connectivity index (χ0n) is 11.6. The average Bonchev–Trinajstić information content (AvgIpc) is 2.43. The lowest BCUT2D eigenvalue weighted by Gasteiger charge is -2.23. The molecule has 1 aliphatic rings. The van der Waals surface area contributed by atoms with Gasteiger partial charge < -0.3 is 9.84 Å². The number of aliphatic hydroxyl groups excluding tert-OH is 1. The van der Waals surface area contributed by atoms with Gasteiger partial charge in [0.15, 0.2) is 0 Å². The van der Waals surface area contributed by atoms with Crippen molar-refractivity contribution in [2.24, 2.45) is 0 Å². The lowest BCUT2D eigenvalue weighted by Crippen LogP contribution is -2.19. The molecule has 19 heavy (non-hydrogen) atoms. The molecule has 0 aliphatic heterocycles. The first kappa shape index (κ1) is 14.0. The molecule has 2 heteroatoms. The smallest absolute Gasteiger partial charge is 0.120 e. The van der Waals surface area contributed by atoms with Gasteiger partial charge in [-0.3, -0.25) is 0 Å². The molecule has 0 atom stereocenters. The molecule has 0 aromatic heterocycles. The second kappa shape index (κ2) is 7.21. The Balaban J connectivity index is 2.00. The maximum absolute atomic E-state index is 8.72. The van der Waals surface area contributed by atoms with Crippen molar-refractivity contribution in [1.82, 2.24) is 0 Å². The van der Waals surface area contributed by atoms with E-state index in [9.17, 15) is 0 Å². The van der Waals surface area contributed by atoms with E-state index in [-0.39, 0.29) is 6.61 Å². The molecule has 0 radical (unpaired) electrons. The zero-order valence-corrected chi connectivity index (χ0v) is 11.6. The number of aryl methyl sites for hydroxylation is 1. The SMILES string of the molecule is Cc1cc(OC2CCCCC2)ccc1C#CCCO.